The molecule has 1 aromatic heterocycles. The van der Waals surface area contributed by atoms with Crippen LogP contribution < -0.4 is 5.32 Å². The van der Waals surface area contributed by atoms with E-state index in [0.717, 1.165) is 37.9 Å². The molecule has 1 unspecified atom stereocenters. The van der Waals surface area contributed by atoms with E-state index in [-0.39, 0.29) is 18.0 Å². The van der Waals surface area contributed by atoms with Gasteiger partial charge in [-0.25, -0.2) is 4.98 Å². The second-order valence-electron chi connectivity index (χ2n) is 9.21. The van der Waals surface area contributed by atoms with Gasteiger partial charge < -0.3 is 19.5 Å². The van der Waals surface area contributed by atoms with Crippen LogP contribution in [-0.4, -0.2) is 58.6 Å². The number of hydrogen-bond donors (Lipinski definition) is 1. The molecule has 7 nitrogen and oxygen atoms in total. The number of likely N-dealkylation sites (tertiary alicyclic amines) is 1. The van der Waals surface area contributed by atoms with Crippen molar-refractivity contribution in [2.75, 3.05) is 26.2 Å². The molecule has 1 spiro atoms. The molecule has 2 aromatic rings. The zero-order valence-corrected chi connectivity index (χ0v) is 17.8. The Hall–Kier alpha value is -2.67. The first-order chi connectivity index (χ1) is 15.1. The number of piperidine rings is 2. The van der Waals surface area contributed by atoms with Crippen LogP contribution in [0.2, 0.25) is 0 Å². The van der Waals surface area contributed by atoms with Crippen LogP contribution in [0.25, 0.3) is 0 Å². The van der Waals surface area contributed by atoms with E-state index in [2.05, 4.69) is 22.4 Å². The van der Waals surface area contributed by atoms with E-state index in [1.165, 1.54) is 5.56 Å². The van der Waals surface area contributed by atoms with Gasteiger partial charge in [-0.3, -0.25) is 9.59 Å². The fourth-order valence-electron chi connectivity index (χ4n) is 5.35. The third-order valence-electron chi connectivity index (χ3n) is 7.27. The number of rotatable bonds is 4. The summed E-state index contributed by atoms with van der Waals surface area (Å²) in [5, 5.41) is 3.40. The molecule has 0 aliphatic carbocycles. The monoisotopic (exact) mass is 422 g/mol. The SMILES string of the molecule is O=C(c1ccc(C2CCNCC2)cc1)N1CCC2(CC1)CC(Cn1ccnc1)OC2=O. The number of aromatic nitrogens is 2. The van der Waals surface area contributed by atoms with Crippen molar-refractivity contribution in [3.8, 4) is 0 Å². The van der Waals surface area contributed by atoms with E-state index >= 15 is 0 Å². The molecule has 4 heterocycles. The molecule has 1 atom stereocenters. The lowest BCUT2D eigenvalue weighted by molar-refractivity contribution is -0.150. The van der Waals surface area contributed by atoms with E-state index < -0.39 is 5.41 Å². The summed E-state index contributed by atoms with van der Waals surface area (Å²) in [7, 11) is 0. The summed E-state index contributed by atoms with van der Waals surface area (Å²) in [6.45, 7) is 3.96. The maximum atomic E-state index is 13.0. The summed E-state index contributed by atoms with van der Waals surface area (Å²) in [4.78, 5) is 31.6. The minimum atomic E-state index is -0.444. The molecule has 31 heavy (non-hydrogen) atoms. The van der Waals surface area contributed by atoms with Gasteiger partial charge >= 0.3 is 5.97 Å². The van der Waals surface area contributed by atoms with Gasteiger partial charge in [-0.2, -0.15) is 0 Å². The highest BCUT2D eigenvalue weighted by Gasteiger charge is 2.50. The topological polar surface area (TPSA) is 76.5 Å². The average molecular weight is 423 g/mol. The van der Waals surface area contributed by atoms with Crippen molar-refractivity contribution in [1.82, 2.24) is 19.8 Å². The lowest BCUT2D eigenvalue weighted by atomic mass is 9.76. The van der Waals surface area contributed by atoms with Crippen molar-refractivity contribution in [1.29, 1.82) is 0 Å². The van der Waals surface area contributed by atoms with Gasteiger partial charge in [-0.05, 0) is 62.4 Å². The summed E-state index contributed by atoms with van der Waals surface area (Å²) >= 11 is 0. The molecule has 1 N–H and O–H groups in total. The van der Waals surface area contributed by atoms with Gasteiger partial charge in [0.1, 0.15) is 6.10 Å². The number of amides is 1. The number of esters is 1. The van der Waals surface area contributed by atoms with E-state index in [1.54, 1.807) is 12.5 Å². The summed E-state index contributed by atoms with van der Waals surface area (Å²) < 4.78 is 7.63. The molecule has 164 valence electrons. The Morgan fingerprint density at radius 2 is 1.90 bits per heavy atom. The maximum absolute atomic E-state index is 13.0. The normalized spacial score (nSPS) is 23.8. The van der Waals surface area contributed by atoms with Crippen LogP contribution >= 0.6 is 0 Å². The van der Waals surface area contributed by atoms with Gasteiger partial charge in [-0.15, -0.1) is 0 Å². The molecular formula is C24H30N4O3. The summed E-state index contributed by atoms with van der Waals surface area (Å²) in [5.74, 6) is 0.549. The molecule has 5 rings (SSSR count). The molecular weight excluding hydrogens is 392 g/mol. The second kappa shape index (κ2) is 8.46. The van der Waals surface area contributed by atoms with E-state index in [4.69, 9.17) is 4.74 Å². The third kappa shape index (κ3) is 4.11. The van der Waals surface area contributed by atoms with Crippen LogP contribution in [0.4, 0.5) is 0 Å². The van der Waals surface area contributed by atoms with Crippen LogP contribution in [0.3, 0.4) is 0 Å². The smallest absolute Gasteiger partial charge is 0.312 e. The van der Waals surface area contributed by atoms with Gasteiger partial charge in [0.2, 0.25) is 0 Å². The zero-order valence-electron chi connectivity index (χ0n) is 17.8. The number of ether oxygens (including phenoxy) is 1. The van der Waals surface area contributed by atoms with Gasteiger partial charge in [0.15, 0.2) is 0 Å². The van der Waals surface area contributed by atoms with Crippen molar-refractivity contribution in [2.45, 2.75) is 50.7 Å². The third-order valence-corrected chi connectivity index (χ3v) is 7.27. The first-order valence-electron chi connectivity index (χ1n) is 11.4. The van der Waals surface area contributed by atoms with Crippen molar-refractivity contribution in [3.05, 3.63) is 54.1 Å². The fourth-order valence-corrected chi connectivity index (χ4v) is 5.35. The zero-order chi connectivity index (χ0) is 21.3. The highest BCUT2D eigenvalue weighted by atomic mass is 16.6. The molecule has 0 saturated carbocycles. The first kappa shape index (κ1) is 20.2. The molecule has 1 amide bonds. The number of benzene rings is 1. The Kier molecular flexibility index (Phi) is 5.52. The van der Waals surface area contributed by atoms with Gasteiger partial charge in [-0.1, -0.05) is 12.1 Å². The van der Waals surface area contributed by atoms with Gasteiger partial charge in [0.05, 0.1) is 18.3 Å². The standard InChI is InChI=1S/C24H30N4O3/c29-22(20-3-1-18(2-4-20)19-5-9-25-10-6-19)28-12-7-24(8-13-28)15-21(31-23(24)30)16-27-14-11-26-17-27/h1-4,11,14,17,19,21,25H,5-10,12-13,15-16H2. The lowest BCUT2D eigenvalue weighted by Crippen LogP contribution is -2.45. The summed E-state index contributed by atoms with van der Waals surface area (Å²) in [6.07, 6.45) is 9.61. The summed E-state index contributed by atoms with van der Waals surface area (Å²) in [6, 6.07) is 8.16. The average Bonchev–Trinajstić information content (AvgIpc) is 3.43. The molecule has 7 heteroatoms. The van der Waals surface area contributed by atoms with Crippen molar-refractivity contribution < 1.29 is 14.3 Å². The van der Waals surface area contributed by atoms with E-state index in [1.807, 2.05) is 27.8 Å². The number of nitrogens with one attached hydrogen (secondary N) is 1. The number of carbonyl (C=O) groups excluding carboxylic acids is 2. The van der Waals surface area contributed by atoms with Crippen LogP contribution in [0.5, 0.6) is 0 Å². The predicted octanol–water partition coefficient (Wildman–Crippen LogP) is 2.59. The van der Waals surface area contributed by atoms with Crippen molar-refractivity contribution in [3.63, 3.8) is 0 Å². The molecule has 0 bridgehead atoms. The molecule has 3 saturated heterocycles. The predicted molar refractivity (Wildman–Crippen MR) is 116 cm³/mol. The lowest BCUT2D eigenvalue weighted by Gasteiger charge is -2.36. The maximum Gasteiger partial charge on any atom is 0.312 e. The Bertz CT molecular complexity index is 911. The highest BCUT2D eigenvalue weighted by Crippen LogP contribution is 2.43. The first-order valence-corrected chi connectivity index (χ1v) is 11.4. The Balaban J connectivity index is 1.18. The quantitative estimate of drug-likeness (QED) is 0.767. The van der Waals surface area contributed by atoms with Gasteiger partial charge in [0, 0.05) is 37.5 Å². The number of carbonyl (C=O) groups is 2. The number of hydrogen-bond acceptors (Lipinski definition) is 5. The minimum absolute atomic E-state index is 0.0630. The fraction of sp³-hybridized carbons (Fsp3) is 0.542. The number of nitrogens with zero attached hydrogens (tertiary/aromatic N) is 3. The molecule has 3 fully saturated rings. The molecule has 1 aromatic carbocycles. The Morgan fingerprint density at radius 3 is 2.58 bits per heavy atom. The number of imidazole rings is 1. The van der Waals surface area contributed by atoms with E-state index in [0.29, 0.717) is 38.4 Å². The van der Waals surface area contributed by atoms with Gasteiger partial charge in [0.25, 0.3) is 5.91 Å². The van der Waals surface area contributed by atoms with Crippen LogP contribution in [-0.2, 0) is 16.1 Å². The molecule has 0 radical (unpaired) electrons. The molecule has 3 aliphatic heterocycles. The van der Waals surface area contributed by atoms with Crippen molar-refractivity contribution >= 4 is 11.9 Å². The Labute approximate surface area is 182 Å². The van der Waals surface area contributed by atoms with E-state index in [9.17, 15) is 9.59 Å². The number of cyclic esters (lactones) is 1. The largest absolute Gasteiger partial charge is 0.460 e. The highest BCUT2D eigenvalue weighted by molar-refractivity contribution is 5.94. The summed E-state index contributed by atoms with van der Waals surface area (Å²) in [5.41, 5.74) is 1.62. The van der Waals surface area contributed by atoms with Crippen molar-refractivity contribution in [2.24, 2.45) is 5.41 Å². The van der Waals surface area contributed by atoms with Crippen LogP contribution in [0, 0.1) is 5.41 Å². The molecule has 3 aliphatic rings. The Morgan fingerprint density at radius 1 is 1.16 bits per heavy atom. The minimum Gasteiger partial charge on any atom is -0.460 e. The van der Waals surface area contributed by atoms with Crippen LogP contribution in [0.1, 0.15) is 53.9 Å². The van der Waals surface area contributed by atoms with Crippen LogP contribution in [0.15, 0.2) is 43.0 Å². The second-order valence-corrected chi connectivity index (χ2v) is 9.21.